The van der Waals surface area contributed by atoms with E-state index in [1.54, 1.807) is 17.0 Å². The van der Waals surface area contributed by atoms with E-state index in [0.29, 0.717) is 38.4 Å². The molecule has 3 rings (SSSR count). The smallest absolute Gasteiger partial charge is 0.317 e. The van der Waals surface area contributed by atoms with E-state index in [-0.39, 0.29) is 11.8 Å². The standard InChI is InChI=1S/C19H21BrFN3O/c20-16-7-5-15(6-8-16)9-10-22-19(25)24-13-11-23(12-14-24)18-4-2-1-3-17(18)21/h1-8H,9-14H2,(H,22,25). The van der Waals surface area contributed by atoms with Crippen LogP contribution >= 0.6 is 15.9 Å². The molecule has 0 aliphatic carbocycles. The number of piperazine rings is 1. The lowest BCUT2D eigenvalue weighted by Gasteiger charge is -2.36. The van der Waals surface area contributed by atoms with Crippen LogP contribution in [0, 0.1) is 5.82 Å². The highest BCUT2D eigenvalue weighted by molar-refractivity contribution is 9.10. The van der Waals surface area contributed by atoms with E-state index in [0.717, 1.165) is 10.9 Å². The molecular formula is C19H21BrFN3O. The summed E-state index contributed by atoms with van der Waals surface area (Å²) in [6, 6.07) is 14.8. The van der Waals surface area contributed by atoms with Gasteiger partial charge in [0, 0.05) is 37.2 Å². The predicted octanol–water partition coefficient (Wildman–Crippen LogP) is 3.66. The minimum atomic E-state index is -0.213. The molecule has 2 aromatic carbocycles. The third kappa shape index (κ3) is 4.72. The number of urea groups is 1. The van der Waals surface area contributed by atoms with Crippen molar-refractivity contribution in [3.05, 3.63) is 64.4 Å². The molecule has 1 aliphatic rings. The van der Waals surface area contributed by atoms with Gasteiger partial charge in [-0.2, -0.15) is 0 Å². The van der Waals surface area contributed by atoms with Gasteiger partial charge in [-0.1, -0.05) is 40.2 Å². The zero-order valence-electron chi connectivity index (χ0n) is 13.9. The highest BCUT2D eigenvalue weighted by Crippen LogP contribution is 2.20. The number of carbonyl (C=O) groups is 1. The quantitative estimate of drug-likeness (QED) is 0.842. The Labute approximate surface area is 155 Å². The van der Waals surface area contributed by atoms with Crippen molar-refractivity contribution in [3.8, 4) is 0 Å². The number of anilines is 1. The Morgan fingerprint density at radius 3 is 2.40 bits per heavy atom. The molecule has 0 saturated carbocycles. The van der Waals surface area contributed by atoms with Crippen molar-refractivity contribution < 1.29 is 9.18 Å². The number of hydrogen-bond acceptors (Lipinski definition) is 2. The SMILES string of the molecule is O=C(NCCc1ccc(Br)cc1)N1CCN(c2ccccc2F)CC1. The number of carbonyl (C=O) groups excluding carboxylic acids is 1. The Kier molecular flexibility index (Phi) is 5.91. The fraction of sp³-hybridized carbons (Fsp3) is 0.316. The van der Waals surface area contributed by atoms with Gasteiger partial charge in [0.15, 0.2) is 0 Å². The van der Waals surface area contributed by atoms with Crippen LogP contribution in [0.4, 0.5) is 14.9 Å². The normalized spacial score (nSPS) is 14.5. The lowest BCUT2D eigenvalue weighted by Crippen LogP contribution is -2.52. The fourth-order valence-electron chi connectivity index (χ4n) is 2.94. The van der Waals surface area contributed by atoms with Gasteiger partial charge in [-0.05, 0) is 36.2 Å². The summed E-state index contributed by atoms with van der Waals surface area (Å²) in [5, 5.41) is 2.96. The molecule has 6 heteroatoms. The second-order valence-electron chi connectivity index (χ2n) is 6.03. The van der Waals surface area contributed by atoms with E-state index < -0.39 is 0 Å². The third-order valence-corrected chi connectivity index (χ3v) is 4.89. The van der Waals surface area contributed by atoms with Crippen molar-refractivity contribution in [3.63, 3.8) is 0 Å². The summed E-state index contributed by atoms with van der Waals surface area (Å²) in [5.41, 5.74) is 1.80. The zero-order valence-corrected chi connectivity index (χ0v) is 15.5. The summed E-state index contributed by atoms with van der Waals surface area (Å²) in [6.07, 6.45) is 0.800. The molecule has 1 aliphatic heterocycles. The van der Waals surface area contributed by atoms with E-state index in [1.807, 2.05) is 35.2 Å². The van der Waals surface area contributed by atoms with Crippen molar-refractivity contribution >= 4 is 27.6 Å². The Balaban J connectivity index is 1.44. The molecule has 0 spiro atoms. The van der Waals surface area contributed by atoms with Gasteiger partial charge in [0.25, 0.3) is 0 Å². The molecule has 132 valence electrons. The molecular weight excluding hydrogens is 385 g/mol. The first-order chi connectivity index (χ1) is 12.1. The molecule has 0 atom stereocenters. The number of para-hydroxylation sites is 1. The van der Waals surface area contributed by atoms with E-state index >= 15 is 0 Å². The van der Waals surface area contributed by atoms with Crippen molar-refractivity contribution in [1.29, 1.82) is 0 Å². The van der Waals surface area contributed by atoms with Gasteiger partial charge >= 0.3 is 6.03 Å². The van der Waals surface area contributed by atoms with Crippen LogP contribution in [0.1, 0.15) is 5.56 Å². The molecule has 0 bridgehead atoms. The average molecular weight is 406 g/mol. The molecule has 2 aromatic rings. The van der Waals surface area contributed by atoms with Crippen molar-refractivity contribution in [2.75, 3.05) is 37.6 Å². The zero-order chi connectivity index (χ0) is 17.6. The van der Waals surface area contributed by atoms with Crippen LogP contribution in [0.25, 0.3) is 0 Å². The molecule has 1 saturated heterocycles. The van der Waals surface area contributed by atoms with Gasteiger partial charge in [0.1, 0.15) is 5.82 Å². The summed E-state index contributed by atoms with van der Waals surface area (Å²) in [7, 11) is 0. The third-order valence-electron chi connectivity index (χ3n) is 4.36. The maximum absolute atomic E-state index is 13.8. The molecule has 2 amide bonds. The largest absolute Gasteiger partial charge is 0.366 e. The maximum Gasteiger partial charge on any atom is 0.317 e. The number of nitrogens with one attached hydrogen (secondary N) is 1. The molecule has 1 fully saturated rings. The first-order valence-corrected chi connectivity index (χ1v) is 9.19. The minimum Gasteiger partial charge on any atom is -0.366 e. The van der Waals surface area contributed by atoms with E-state index in [4.69, 9.17) is 0 Å². The Morgan fingerprint density at radius 2 is 1.72 bits per heavy atom. The van der Waals surface area contributed by atoms with Gasteiger partial charge in [0.2, 0.25) is 0 Å². The van der Waals surface area contributed by atoms with Crippen LogP contribution in [-0.4, -0.2) is 43.7 Å². The number of halogens is 2. The Morgan fingerprint density at radius 1 is 1.04 bits per heavy atom. The number of amides is 2. The molecule has 1 N–H and O–H groups in total. The summed E-state index contributed by atoms with van der Waals surface area (Å²) in [5.74, 6) is -0.213. The second kappa shape index (κ2) is 8.34. The van der Waals surface area contributed by atoms with Crippen LogP contribution in [0.5, 0.6) is 0 Å². The van der Waals surface area contributed by atoms with Crippen molar-refractivity contribution in [1.82, 2.24) is 10.2 Å². The van der Waals surface area contributed by atoms with Gasteiger partial charge in [-0.15, -0.1) is 0 Å². The van der Waals surface area contributed by atoms with E-state index in [2.05, 4.69) is 21.2 Å². The predicted molar refractivity (Wildman–Crippen MR) is 101 cm³/mol. The lowest BCUT2D eigenvalue weighted by atomic mass is 10.1. The molecule has 0 aromatic heterocycles. The fourth-order valence-corrected chi connectivity index (χ4v) is 3.20. The number of nitrogens with zero attached hydrogens (tertiary/aromatic N) is 2. The molecule has 25 heavy (non-hydrogen) atoms. The summed E-state index contributed by atoms with van der Waals surface area (Å²) >= 11 is 3.41. The van der Waals surface area contributed by atoms with Crippen LogP contribution < -0.4 is 10.2 Å². The van der Waals surface area contributed by atoms with Crippen molar-refractivity contribution in [2.24, 2.45) is 0 Å². The molecule has 1 heterocycles. The number of benzene rings is 2. The lowest BCUT2D eigenvalue weighted by molar-refractivity contribution is 0.194. The van der Waals surface area contributed by atoms with Crippen LogP contribution in [0.3, 0.4) is 0 Å². The molecule has 0 radical (unpaired) electrons. The maximum atomic E-state index is 13.8. The van der Waals surface area contributed by atoms with Crippen LogP contribution in [0.2, 0.25) is 0 Å². The topological polar surface area (TPSA) is 35.6 Å². The molecule has 4 nitrogen and oxygen atoms in total. The van der Waals surface area contributed by atoms with Crippen LogP contribution in [-0.2, 0) is 6.42 Å². The van der Waals surface area contributed by atoms with E-state index in [1.165, 1.54) is 11.6 Å². The monoisotopic (exact) mass is 405 g/mol. The summed E-state index contributed by atoms with van der Waals surface area (Å²) in [6.45, 7) is 3.08. The summed E-state index contributed by atoms with van der Waals surface area (Å²) < 4.78 is 14.9. The van der Waals surface area contributed by atoms with Gasteiger partial charge in [-0.25, -0.2) is 9.18 Å². The van der Waals surface area contributed by atoms with Crippen molar-refractivity contribution in [2.45, 2.75) is 6.42 Å². The summed E-state index contributed by atoms with van der Waals surface area (Å²) in [4.78, 5) is 16.0. The van der Waals surface area contributed by atoms with Gasteiger partial charge in [-0.3, -0.25) is 0 Å². The van der Waals surface area contributed by atoms with Gasteiger partial charge < -0.3 is 15.1 Å². The van der Waals surface area contributed by atoms with Crippen LogP contribution in [0.15, 0.2) is 53.0 Å². The Hall–Kier alpha value is -2.08. The van der Waals surface area contributed by atoms with E-state index in [9.17, 15) is 9.18 Å². The second-order valence-corrected chi connectivity index (χ2v) is 6.95. The highest BCUT2D eigenvalue weighted by atomic mass is 79.9. The highest BCUT2D eigenvalue weighted by Gasteiger charge is 2.22. The first kappa shape index (κ1) is 17.7. The first-order valence-electron chi connectivity index (χ1n) is 8.40. The Bertz CT molecular complexity index is 715. The number of hydrogen-bond donors (Lipinski definition) is 1. The molecule has 0 unspecified atom stereocenters. The average Bonchev–Trinajstić information content (AvgIpc) is 2.64. The minimum absolute atomic E-state index is 0.0507. The number of rotatable bonds is 4. The van der Waals surface area contributed by atoms with Gasteiger partial charge in [0.05, 0.1) is 5.69 Å².